The number of aryl methyl sites for hydroxylation is 1. The van der Waals surface area contributed by atoms with Crippen molar-refractivity contribution in [2.45, 2.75) is 13.0 Å². The van der Waals surface area contributed by atoms with Gasteiger partial charge in [-0.2, -0.15) is 0 Å². The van der Waals surface area contributed by atoms with Gasteiger partial charge in [-0.1, -0.05) is 29.0 Å². The van der Waals surface area contributed by atoms with Crippen LogP contribution < -0.4 is 16.1 Å². The van der Waals surface area contributed by atoms with Crippen LogP contribution in [-0.2, 0) is 25.4 Å². The number of amides is 1. The number of carbonyl (C=O) groups excluding carboxylic acids is 1. The van der Waals surface area contributed by atoms with Crippen LogP contribution in [0.25, 0.3) is 21.4 Å². The fourth-order valence-electron chi connectivity index (χ4n) is 3.64. The van der Waals surface area contributed by atoms with Gasteiger partial charge >= 0.3 is 5.69 Å². The van der Waals surface area contributed by atoms with Crippen molar-refractivity contribution < 1.29 is 4.79 Å². The summed E-state index contributed by atoms with van der Waals surface area (Å²) in [6.07, 6.45) is 2.15. The highest BCUT2D eigenvalue weighted by molar-refractivity contribution is 7.22. The Morgan fingerprint density at radius 2 is 1.91 bits per heavy atom. The lowest BCUT2D eigenvalue weighted by Gasteiger charge is -2.21. The van der Waals surface area contributed by atoms with Crippen molar-refractivity contribution in [3.05, 3.63) is 50.4 Å². The number of halogens is 1. The molecule has 0 unspecified atom stereocenters. The van der Waals surface area contributed by atoms with E-state index in [1.165, 1.54) is 33.8 Å². The van der Waals surface area contributed by atoms with Crippen LogP contribution in [0.1, 0.15) is 6.42 Å². The Bertz CT molecular complexity index is 1470. The second-order valence-corrected chi connectivity index (χ2v) is 9.45. The summed E-state index contributed by atoms with van der Waals surface area (Å²) in [4.78, 5) is 50.9. The van der Waals surface area contributed by atoms with Crippen molar-refractivity contribution in [1.29, 1.82) is 0 Å². The molecular weight excluding hydrogens is 466 g/mol. The van der Waals surface area contributed by atoms with Gasteiger partial charge in [0.15, 0.2) is 16.3 Å². The molecule has 0 radical (unpaired) electrons. The fraction of sp³-hybridized carbons (Fsp3) is 0.381. The minimum Gasteiger partial charge on any atom is -0.315 e. The number of anilines is 1. The van der Waals surface area contributed by atoms with E-state index in [4.69, 9.17) is 11.6 Å². The first kappa shape index (κ1) is 23.1. The zero-order valence-corrected chi connectivity index (χ0v) is 20.4. The average molecular weight is 490 g/mol. The molecular formula is C21H24ClN7O3S. The molecule has 0 atom stereocenters. The highest BCUT2D eigenvalue weighted by atomic mass is 35.5. The van der Waals surface area contributed by atoms with Gasteiger partial charge < -0.3 is 9.47 Å². The molecule has 0 aliphatic carbocycles. The minimum atomic E-state index is -0.496. The molecule has 33 heavy (non-hydrogen) atoms. The summed E-state index contributed by atoms with van der Waals surface area (Å²) in [6, 6.07) is 5.53. The van der Waals surface area contributed by atoms with Gasteiger partial charge in [0.2, 0.25) is 5.91 Å². The Labute approximate surface area is 198 Å². The lowest BCUT2D eigenvalue weighted by molar-refractivity contribution is -0.119. The van der Waals surface area contributed by atoms with Gasteiger partial charge in [-0.05, 0) is 39.2 Å². The summed E-state index contributed by atoms with van der Waals surface area (Å²) < 4.78 is 4.68. The smallest absolute Gasteiger partial charge is 0.315 e. The third-order valence-electron chi connectivity index (χ3n) is 5.40. The predicted molar refractivity (Wildman–Crippen MR) is 130 cm³/mol. The quantitative estimate of drug-likeness (QED) is 0.392. The van der Waals surface area contributed by atoms with Crippen LogP contribution in [0.5, 0.6) is 0 Å². The number of para-hydroxylation sites is 1. The molecule has 3 aromatic heterocycles. The van der Waals surface area contributed by atoms with Crippen molar-refractivity contribution in [2.24, 2.45) is 14.1 Å². The van der Waals surface area contributed by atoms with Crippen LogP contribution in [0, 0.1) is 0 Å². The standard InChI is InChI=1S/C21H24ClN7O3S/c1-25(2)9-6-10-29(20-24-16-13(22)7-5-8-14(16)33-20)15(30)11-28-12-23-18-17(28)19(31)27(4)21(32)26(18)3/h5,7-8,12H,6,9-11H2,1-4H3. The predicted octanol–water partition coefficient (Wildman–Crippen LogP) is 1.68. The number of benzene rings is 1. The van der Waals surface area contributed by atoms with E-state index in [2.05, 4.69) is 9.97 Å². The first-order valence-corrected chi connectivity index (χ1v) is 11.5. The molecule has 0 N–H and O–H groups in total. The van der Waals surface area contributed by atoms with Gasteiger partial charge in [0.1, 0.15) is 12.1 Å². The summed E-state index contributed by atoms with van der Waals surface area (Å²) in [7, 11) is 6.89. The van der Waals surface area contributed by atoms with Gasteiger partial charge in [-0.25, -0.2) is 14.8 Å². The van der Waals surface area contributed by atoms with Crippen LogP contribution in [0.3, 0.4) is 0 Å². The monoisotopic (exact) mass is 489 g/mol. The molecule has 10 nitrogen and oxygen atoms in total. The summed E-state index contributed by atoms with van der Waals surface area (Å²) >= 11 is 7.69. The van der Waals surface area contributed by atoms with E-state index in [1.807, 2.05) is 31.1 Å². The number of hydrogen-bond donors (Lipinski definition) is 0. The van der Waals surface area contributed by atoms with E-state index in [-0.39, 0.29) is 23.6 Å². The zero-order chi connectivity index (χ0) is 23.9. The maximum absolute atomic E-state index is 13.5. The van der Waals surface area contributed by atoms with Crippen molar-refractivity contribution in [3.63, 3.8) is 0 Å². The maximum Gasteiger partial charge on any atom is 0.332 e. The molecule has 1 aromatic carbocycles. The number of hydrogen-bond acceptors (Lipinski definition) is 7. The largest absolute Gasteiger partial charge is 0.332 e. The Morgan fingerprint density at radius 1 is 1.15 bits per heavy atom. The van der Waals surface area contributed by atoms with Crippen molar-refractivity contribution >= 4 is 55.4 Å². The number of thiazole rings is 1. The number of aromatic nitrogens is 5. The van der Waals surface area contributed by atoms with Gasteiger partial charge in [-0.15, -0.1) is 0 Å². The summed E-state index contributed by atoms with van der Waals surface area (Å²) in [6.45, 7) is 1.14. The SMILES string of the molecule is CN(C)CCCN(C(=O)Cn1cnc2c1c(=O)n(C)c(=O)n2C)c1nc2c(Cl)cccc2s1. The number of nitrogens with zero attached hydrogens (tertiary/aromatic N) is 7. The highest BCUT2D eigenvalue weighted by Gasteiger charge is 2.23. The number of fused-ring (bicyclic) bond motifs is 2. The molecule has 0 saturated carbocycles. The third-order valence-corrected chi connectivity index (χ3v) is 6.75. The maximum atomic E-state index is 13.5. The van der Waals surface area contributed by atoms with E-state index in [0.717, 1.165) is 22.2 Å². The number of rotatable bonds is 7. The van der Waals surface area contributed by atoms with E-state index < -0.39 is 11.2 Å². The number of imidazole rings is 1. The number of carbonyl (C=O) groups is 1. The van der Waals surface area contributed by atoms with E-state index >= 15 is 0 Å². The fourth-order valence-corrected chi connectivity index (χ4v) is 4.95. The Balaban J connectivity index is 1.72. The van der Waals surface area contributed by atoms with Gasteiger partial charge in [0, 0.05) is 20.6 Å². The van der Waals surface area contributed by atoms with Crippen molar-refractivity contribution in [3.8, 4) is 0 Å². The Kier molecular flexibility index (Phi) is 6.37. The Morgan fingerprint density at radius 3 is 2.61 bits per heavy atom. The Hall–Kier alpha value is -3.02. The van der Waals surface area contributed by atoms with Crippen LogP contribution in [-0.4, -0.2) is 61.7 Å². The second-order valence-electron chi connectivity index (χ2n) is 8.04. The van der Waals surface area contributed by atoms with Gasteiger partial charge in [0.05, 0.1) is 16.0 Å². The normalized spacial score (nSPS) is 11.7. The lowest BCUT2D eigenvalue weighted by Crippen LogP contribution is -2.39. The summed E-state index contributed by atoms with van der Waals surface area (Å²) in [5, 5.41) is 1.08. The van der Waals surface area contributed by atoms with Crippen molar-refractivity contribution in [1.82, 2.24) is 28.6 Å². The van der Waals surface area contributed by atoms with Crippen LogP contribution >= 0.6 is 22.9 Å². The minimum absolute atomic E-state index is 0.116. The van der Waals surface area contributed by atoms with Gasteiger partial charge in [0.25, 0.3) is 5.56 Å². The third kappa shape index (κ3) is 4.31. The van der Waals surface area contributed by atoms with Crippen LogP contribution in [0.4, 0.5) is 5.13 Å². The molecule has 0 bridgehead atoms. The second kappa shape index (κ2) is 9.08. The molecule has 3 heterocycles. The average Bonchev–Trinajstić information content (AvgIpc) is 3.39. The van der Waals surface area contributed by atoms with E-state index in [0.29, 0.717) is 22.2 Å². The lowest BCUT2D eigenvalue weighted by atomic mass is 10.3. The molecule has 12 heteroatoms. The molecule has 4 aromatic rings. The first-order chi connectivity index (χ1) is 15.7. The van der Waals surface area contributed by atoms with Crippen LogP contribution in [0.2, 0.25) is 5.02 Å². The zero-order valence-electron chi connectivity index (χ0n) is 18.8. The molecule has 0 aliphatic heterocycles. The molecule has 174 valence electrons. The van der Waals surface area contributed by atoms with Crippen LogP contribution in [0.15, 0.2) is 34.1 Å². The van der Waals surface area contributed by atoms with E-state index in [9.17, 15) is 14.4 Å². The molecule has 0 fully saturated rings. The molecule has 0 spiro atoms. The van der Waals surface area contributed by atoms with E-state index in [1.54, 1.807) is 18.0 Å². The summed E-state index contributed by atoms with van der Waals surface area (Å²) in [5.74, 6) is -0.237. The molecule has 1 amide bonds. The topological polar surface area (TPSA) is 98.3 Å². The highest BCUT2D eigenvalue weighted by Crippen LogP contribution is 2.33. The molecule has 0 saturated heterocycles. The molecule has 4 rings (SSSR count). The first-order valence-electron chi connectivity index (χ1n) is 10.3. The van der Waals surface area contributed by atoms with Crippen molar-refractivity contribution in [2.75, 3.05) is 32.1 Å². The van der Waals surface area contributed by atoms with Gasteiger partial charge in [-0.3, -0.25) is 23.6 Å². The molecule has 0 aliphatic rings. The summed E-state index contributed by atoms with van der Waals surface area (Å²) in [5.41, 5.74) is 0.127.